The van der Waals surface area contributed by atoms with E-state index >= 15 is 0 Å². The van der Waals surface area contributed by atoms with Crippen molar-refractivity contribution >= 4 is 17.3 Å². The Balaban J connectivity index is 2.19. The summed E-state index contributed by atoms with van der Waals surface area (Å²) in [6, 6.07) is 15.3. The number of thiazole rings is 1. The van der Waals surface area contributed by atoms with Crippen molar-refractivity contribution in [2.45, 2.75) is 0 Å². The van der Waals surface area contributed by atoms with Gasteiger partial charge in [0.2, 0.25) is 0 Å². The maximum atomic E-state index is 13.9. The number of aromatic nitrogens is 1. The smallest absolute Gasteiger partial charge is 0.348 e. The molecule has 21 heavy (non-hydrogen) atoms. The second-order valence-corrected chi connectivity index (χ2v) is 5.35. The monoisotopic (exact) mass is 299 g/mol. The van der Waals surface area contributed by atoms with Gasteiger partial charge in [0.15, 0.2) is 0 Å². The topological polar surface area (TPSA) is 50.2 Å². The highest BCUT2D eigenvalue weighted by Gasteiger charge is 2.21. The molecule has 0 aliphatic heterocycles. The molecule has 5 heteroatoms. The molecule has 0 aliphatic rings. The maximum absolute atomic E-state index is 13.9. The molecule has 1 N–H and O–H groups in total. The Morgan fingerprint density at radius 1 is 1.05 bits per heavy atom. The average molecular weight is 299 g/mol. The normalized spacial score (nSPS) is 10.5. The van der Waals surface area contributed by atoms with Gasteiger partial charge < -0.3 is 5.11 Å². The molecule has 0 bridgehead atoms. The minimum atomic E-state index is -1.10. The number of aromatic carboxylic acids is 1. The third-order valence-corrected chi connectivity index (χ3v) is 4.06. The van der Waals surface area contributed by atoms with Gasteiger partial charge in [0.25, 0.3) is 0 Å². The third-order valence-electron chi connectivity index (χ3n) is 2.97. The summed E-state index contributed by atoms with van der Waals surface area (Å²) in [5.41, 5.74) is 1.19. The average Bonchev–Trinajstić information content (AvgIpc) is 2.94. The van der Waals surface area contributed by atoms with E-state index in [9.17, 15) is 14.3 Å². The number of hydrogen-bond acceptors (Lipinski definition) is 3. The van der Waals surface area contributed by atoms with Crippen LogP contribution < -0.4 is 0 Å². The van der Waals surface area contributed by atoms with Gasteiger partial charge in [-0.05, 0) is 12.1 Å². The van der Waals surface area contributed by atoms with Crippen molar-refractivity contribution in [3.8, 4) is 21.8 Å². The number of nitrogens with zero attached hydrogens (tertiary/aromatic N) is 1. The van der Waals surface area contributed by atoms with Gasteiger partial charge in [-0.25, -0.2) is 14.2 Å². The van der Waals surface area contributed by atoms with Crippen LogP contribution in [0.5, 0.6) is 0 Å². The quantitative estimate of drug-likeness (QED) is 0.783. The van der Waals surface area contributed by atoms with E-state index in [0.29, 0.717) is 5.01 Å². The minimum absolute atomic E-state index is 0.0407. The van der Waals surface area contributed by atoms with Crippen molar-refractivity contribution in [1.29, 1.82) is 0 Å². The molecule has 3 rings (SSSR count). The second kappa shape index (κ2) is 5.46. The van der Waals surface area contributed by atoms with Crippen molar-refractivity contribution in [2.75, 3.05) is 0 Å². The van der Waals surface area contributed by atoms with E-state index < -0.39 is 11.8 Å². The predicted octanol–water partition coefficient (Wildman–Crippen LogP) is 4.31. The molecule has 0 radical (unpaired) electrons. The molecule has 104 valence electrons. The number of carboxylic acid groups (broad SMARTS) is 1. The van der Waals surface area contributed by atoms with Crippen LogP contribution in [0.3, 0.4) is 0 Å². The first-order valence-corrected chi connectivity index (χ1v) is 7.03. The van der Waals surface area contributed by atoms with E-state index in [0.717, 1.165) is 16.9 Å². The third kappa shape index (κ3) is 2.55. The van der Waals surface area contributed by atoms with Crippen LogP contribution >= 0.6 is 11.3 Å². The summed E-state index contributed by atoms with van der Waals surface area (Å²) in [5, 5.41) is 9.89. The largest absolute Gasteiger partial charge is 0.477 e. The lowest BCUT2D eigenvalue weighted by molar-refractivity contribution is 0.0702. The summed E-state index contributed by atoms with van der Waals surface area (Å²) in [6.07, 6.45) is 0. The van der Waals surface area contributed by atoms with Crippen LogP contribution in [-0.2, 0) is 0 Å². The molecular weight excluding hydrogens is 289 g/mol. The summed E-state index contributed by atoms with van der Waals surface area (Å²) >= 11 is 1.05. The Morgan fingerprint density at radius 2 is 1.71 bits per heavy atom. The zero-order chi connectivity index (χ0) is 14.8. The fourth-order valence-corrected chi connectivity index (χ4v) is 2.93. The highest BCUT2D eigenvalue weighted by atomic mass is 32.1. The Labute approximate surface area is 124 Å². The summed E-state index contributed by atoms with van der Waals surface area (Å²) in [5.74, 6) is -1.59. The Morgan fingerprint density at radius 3 is 2.38 bits per heavy atom. The molecule has 0 aliphatic carbocycles. The maximum Gasteiger partial charge on any atom is 0.348 e. The van der Waals surface area contributed by atoms with E-state index in [1.165, 1.54) is 12.1 Å². The number of carboxylic acids is 1. The van der Waals surface area contributed by atoms with Crippen LogP contribution in [-0.4, -0.2) is 16.1 Å². The van der Waals surface area contributed by atoms with Crippen LogP contribution in [0.4, 0.5) is 4.39 Å². The molecule has 3 nitrogen and oxygen atoms in total. The molecular formula is C16H10FNO2S. The number of rotatable bonds is 3. The van der Waals surface area contributed by atoms with Crippen molar-refractivity contribution in [3.63, 3.8) is 0 Å². The SMILES string of the molecule is O=C(O)c1sc(-c2ccccc2)nc1-c1ccccc1F. The lowest BCUT2D eigenvalue weighted by Gasteiger charge is -2.00. The molecule has 0 spiro atoms. The van der Waals surface area contributed by atoms with E-state index in [1.54, 1.807) is 12.1 Å². The van der Waals surface area contributed by atoms with Gasteiger partial charge in [0.1, 0.15) is 15.7 Å². The van der Waals surface area contributed by atoms with Gasteiger partial charge in [0.05, 0.1) is 5.69 Å². The highest BCUT2D eigenvalue weighted by molar-refractivity contribution is 7.17. The summed E-state index contributed by atoms with van der Waals surface area (Å²) < 4.78 is 13.9. The van der Waals surface area contributed by atoms with Gasteiger partial charge in [0, 0.05) is 11.1 Å². The lowest BCUT2D eigenvalue weighted by Crippen LogP contribution is -1.96. The Bertz CT molecular complexity index is 799. The van der Waals surface area contributed by atoms with Crippen molar-refractivity contribution in [2.24, 2.45) is 0 Å². The van der Waals surface area contributed by atoms with Gasteiger partial charge in [-0.15, -0.1) is 11.3 Å². The van der Waals surface area contributed by atoms with Crippen LogP contribution in [0.25, 0.3) is 21.8 Å². The predicted molar refractivity (Wildman–Crippen MR) is 79.9 cm³/mol. The molecule has 0 fully saturated rings. The first-order chi connectivity index (χ1) is 10.2. The van der Waals surface area contributed by atoms with Crippen molar-refractivity contribution in [1.82, 2.24) is 4.98 Å². The summed E-state index contributed by atoms with van der Waals surface area (Å²) in [7, 11) is 0. The molecule has 0 unspecified atom stereocenters. The van der Waals surface area contributed by atoms with Crippen LogP contribution in [0.1, 0.15) is 9.67 Å². The molecule has 2 aromatic carbocycles. The van der Waals surface area contributed by atoms with Gasteiger partial charge in [-0.2, -0.15) is 0 Å². The van der Waals surface area contributed by atoms with Gasteiger partial charge in [-0.3, -0.25) is 0 Å². The highest BCUT2D eigenvalue weighted by Crippen LogP contribution is 2.34. The Hall–Kier alpha value is -2.53. The first-order valence-electron chi connectivity index (χ1n) is 6.21. The summed E-state index contributed by atoms with van der Waals surface area (Å²) in [6.45, 7) is 0. The fourth-order valence-electron chi connectivity index (χ4n) is 2.01. The first kappa shape index (κ1) is 13.5. The number of carbonyl (C=O) groups is 1. The van der Waals surface area contributed by atoms with Gasteiger partial charge >= 0.3 is 5.97 Å². The van der Waals surface area contributed by atoms with E-state index in [1.807, 2.05) is 30.3 Å². The van der Waals surface area contributed by atoms with E-state index in [2.05, 4.69) is 4.98 Å². The molecule has 0 saturated heterocycles. The van der Waals surface area contributed by atoms with Crippen molar-refractivity contribution in [3.05, 3.63) is 65.3 Å². The van der Waals surface area contributed by atoms with E-state index in [-0.39, 0.29) is 16.1 Å². The van der Waals surface area contributed by atoms with Gasteiger partial charge in [-0.1, -0.05) is 42.5 Å². The molecule has 0 amide bonds. The minimum Gasteiger partial charge on any atom is -0.477 e. The zero-order valence-corrected chi connectivity index (χ0v) is 11.6. The number of halogens is 1. The van der Waals surface area contributed by atoms with E-state index in [4.69, 9.17) is 0 Å². The lowest BCUT2D eigenvalue weighted by atomic mass is 10.1. The zero-order valence-electron chi connectivity index (χ0n) is 10.8. The van der Waals surface area contributed by atoms with Crippen molar-refractivity contribution < 1.29 is 14.3 Å². The number of benzene rings is 2. The summed E-state index contributed by atoms with van der Waals surface area (Å²) in [4.78, 5) is 15.8. The molecule has 0 atom stereocenters. The molecule has 1 heterocycles. The Kier molecular flexibility index (Phi) is 3.50. The molecule has 1 aromatic heterocycles. The van der Waals surface area contributed by atoms with Crippen LogP contribution in [0, 0.1) is 5.82 Å². The second-order valence-electron chi connectivity index (χ2n) is 4.35. The standard InChI is InChI=1S/C16H10FNO2S/c17-12-9-5-4-8-11(12)13-14(16(19)20)21-15(18-13)10-6-2-1-3-7-10/h1-9H,(H,19,20). The number of hydrogen-bond donors (Lipinski definition) is 1. The van der Waals surface area contributed by atoms with Crippen LogP contribution in [0.15, 0.2) is 54.6 Å². The van der Waals surface area contributed by atoms with Crippen LogP contribution in [0.2, 0.25) is 0 Å². The molecule has 0 saturated carbocycles. The molecule has 3 aromatic rings. The fraction of sp³-hybridized carbons (Fsp3) is 0.